The molecular weight excluding hydrogens is 686 g/mol. The van der Waals surface area contributed by atoms with Crippen LogP contribution in [0.2, 0.25) is 0 Å². The molecule has 0 atom stereocenters. The van der Waals surface area contributed by atoms with Crippen LogP contribution in [-0.4, -0.2) is 0 Å². The maximum absolute atomic E-state index is 2.52. The Hall–Kier alpha value is -3.22. The van der Waals surface area contributed by atoms with Crippen LogP contribution in [0.25, 0.3) is 64.6 Å². The minimum absolute atomic E-state index is 1.23. The summed E-state index contributed by atoms with van der Waals surface area (Å²) in [6.07, 6.45) is 0. The van der Waals surface area contributed by atoms with Crippen molar-refractivity contribution in [2.45, 2.75) is 0 Å². The lowest BCUT2D eigenvalue weighted by atomic mass is 10.0. The lowest BCUT2D eigenvalue weighted by Crippen LogP contribution is -1.81. The molecule has 0 radical (unpaired) electrons. The maximum atomic E-state index is 2.52. The van der Waals surface area contributed by atoms with Crippen molar-refractivity contribution >= 4 is 110 Å². The molecule has 0 saturated carbocycles. The predicted octanol–water partition coefficient (Wildman–Crippen LogP) is 11.5. The van der Waals surface area contributed by atoms with Gasteiger partial charge in [0, 0.05) is 7.14 Å². The van der Waals surface area contributed by atoms with E-state index in [1.54, 1.807) is 0 Å². The monoisotopic (exact) mass is 708 g/mol. The fourth-order valence-corrected chi connectivity index (χ4v) is 7.39. The second kappa shape index (κ2) is 9.83. The quantitative estimate of drug-likeness (QED) is 0.138. The van der Waals surface area contributed by atoms with Crippen LogP contribution in [-0.2, 0) is 0 Å². The van der Waals surface area contributed by atoms with Crippen LogP contribution in [0.5, 0.6) is 0 Å². The van der Waals surface area contributed by atoms with E-state index in [0.717, 1.165) is 0 Å². The molecule has 0 N–H and O–H groups in total. The van der Waals surface area contributed by atoms with E-state index in [1.807, 2.05) is 0 Å². The molecule has 0 unspecified atom stereocenters. The largest absolute Gasteiger partial charge is 0.0610 e. The summed E-state index contributed by atoms with van der Waals surface area (Å²) < 4.78 is 2.54. The van der Waals surface area contributed by atoms with Gasteiger partial charge in [-0.15, -0.1) is 0 Å². The van der Waals surface area contributed by atoms with Gasteiger partial charge in [0.2, 0.25) is 0 Å². The molecule has 0 aliphatic heterocycles. The smallest absolute Gasteiger partial charge is 0.0287 e. The van der Waals surface area contributed by atoms with Gasteiger partial charge in [0.05, 0.1) is 0 Å². The second-order valence-electron chi connectivity index (χ2n) is 9.66. The van der Waals surface area contributed by atoms with Crippen molar-refractivity contribution in [3.05, 3.63) is 141 Å². The number of rotatable bonds is 0. The van der Waals surface area contributed by atoms with E-state index in [-0.39, 0.29) is 0 Å². The summed E-state index contributed by atoms with van der Waals surface area (Å²) in [7, 11) is 0. The highest BCUT2D eigenvalue weighted by atomic mass is 127. The van der Waals surface area contributed by atoms with E-state index in [1.165, 1.54) is 71.8 Å². The Bertz CT molecular complexity index is 1850. The van der Waals surface area contributed by atoms with Crippen molar-refractivity contribution in [2.24, 2.45) is 0 Å². The third-order valence-electron chi connectivity index (χ3n) is 7.36. The first-order valence-electron chi connectivity index (χ1n) is 12.7. The minimum atomic E-state index is 1.23. The number of benzene rings is 6. The van der Waals surface area contributed by atoms with Crippen molar-refractivity contribution in [1.29, 1.82) is 0 Å². The fourth-order valence-electron chi connectivity index (χ4n) is 5.42. The maximum Gasteiger partial charge on any atom is 0.0287 e. The molecule has 0 amide bonds. The summed E-state index contributed by atoms with van der Waals surface area (Å²) in [4.78, 5) is 0. The van der Waals surface area contributed by atoms with Gasteiger partial charge in [0.25, 0.3) is 0 Å². The molecule has 0 saturated heterocycles. The first-order valence-corrected chi connectivity index (χ1v) is 14.8. The summed E-state index contributed by atoms with van der Waals surface area (Å²) in [6, 6.07) is 49.1. The zero-order valence-electron chi connectivity index (χ0n) is 20.5. The molecule has 0 nitrogen and oxygen atoms in total. The summed E-state index contributed by atoms with van der Waals surface area (Å²) >= 11 is 5.05. The zero-order valence-corrected chi connectivity index (χ0v) is 24.8. The van der Waals surface area contributed by atoms with Crippen molar-refractivity contribution in [1.82, 2.24) is 0 Å². The van der Waals surface area contributed by atoms with Crippen LogP contribution >= 0.6 is 45.2 Å². The van der Waals surface area contributed by atoms with Crippen LogP contribution in [0.3, 0.4) is 0 Å². The average Bonchev–Trinajstić information content (AvgIpc) is 2.97. The van der Waals surface area contributed by atoms with Crippen LogP contribution in [0.1, 0.15) is 0 Å². The molecular formula is C36H22I2. The Morgan fingerprint density at radius 3 is 0.737 bits per heavy atom. The van der Waals surface area contributed by atoms with Gasteiger partial charge in [-0.25, -0.2) is 0 Å². The Labute approximate surface area is 248 Å². The highest BCUT2D eigenvalue weighted by Crippen LogP contribution is 2.31. The molecule has 180 valence electrons. The minimum Gasteiger partial charge on any atom is -0.0610 e. The molecule has 0 aliphatic carbocycles. The van der Waals surface area contributed by atoms with Gasteiger partial charge >= 0.3 is 0 Å². The van der Waals surface area contributed by atoms with E-state index >= 15 is 0 Å². The van der Waals surface area contributed by atoms with Crippen molar-refractivity contribution < 1.29 is 0 Å². The molecule has 0 spiro atoms. The topological polar surface area (TPSA) is 0 Å². The highest BCUT2D eigenvalue weighted by molar-refractivity contribution is 14.1. The summed E-state index contributed by atoms with van der Waals surface area (Å²) in [5, 5.41) is 14.9. The average molecular weight is 708 g/mol. The molecule has 12 bridgehead atoms. The van der Waals surface area contributed by atoms with Gasteiger partial charge in [0.1, 0.15) is 0 Å². The lowest BCUT2D eigenvalue weighted by Gasteiger charge is -2.06. The SMILES string of the molecule is Ic1c2cccc1c1cccc(c1)c1cccc(c1)c1cccc(c1I)c1cccc(c1)c1cccc2c1. The van der Waals surface area contributed by atoms with E-state index in [9.17, 15) is 0 Å². The van der Waals surface area contributed by atoms with Crippen molar-refractivity contribution in [3.8, 4) is 0 Å². The third-order valence-corrected chi connectivity index (χ3v) is 9.68. The Kier molecular flexibility index (Phi) is 6.17. The second-order valence-corrected chi connectivity index (χ2v) is 11.8. The normalized spacial score (nSPS) is 11.4. The Morgan fingerprint density at radius 1 is 0.263 bits per heavy atom. The molecule has 0 aromatic heterocycles. The predicted molar refractivity (Wildman–Crippen MR) is 183 cm³/mol. The van der Waals surface area contributed by atoms with Crippen LogP contribution in [0, 0.1) is 7.14 Å². The van der Waals surface area contributed by atoms with Crippen LogP contribution < -0.4 is 0 Å². The van der Waals surface area contributed by atoms with Crippen LogP contribution in [0.15, 0.2) is 133 Å². The van der Waals surface area contributed by atoms with E-state index < -0.39 is 0 Å². The van der Waals surface area contributed by atoms with Gasteiger partial charge in [-0.2, -0.15) is 0 Å². The molecule has 38 heavy (non-hydrogen) atoms. The first kappa shape index (κ1) is 23.9. The molecule has 7 aromatic rings. The standard InChI is InChI=1S/C36H22I2/c37-35-31-15-5-16-32(35)29-13-3-9-25(21-29)26-10-4-14-30(22-26)34-18-6-17-33(36(34)38)28-12-2-8-24(20-28)23-7-1-11-27(31)19-23/h1-22H. The number of halogens is 2. The highest BCUT2D eigenvalue weighted by Gasteiger charge is 2.05. The zero-order chi connectivity index (χ0) is 25.6. The Balaban J connectivity index is 1.76. The fraction of sp³-hybridized carbons (Fsp3) is 0. The molecule has 0 aliphatic rings. The van der Waals surface area contributed by atoms with Crippen molar-refractivity contribution in [2.75, 3.05) is 0 Å². The molecule has 7 aromatic carbocycles. The first-order chi connectivity index (χ1) is 18.7. The Morgan fingerprint density at radius 2 is 0.474 bits per heavy atom. The van der Waals surface area contributed by atoms with Gasteiger partial charge in [-0.05, 0) is 134 Å². The van der Waals surface area contributed by atoms with Crippen LogP contribution in [0.4, 0.5) is 0 Å². The van der Waals surface area contributed by atoms with E-state index in [4.69, 9.17) is 0 Å². The summed E-state index contributed by atoms with van der Waals surface area (Å²) in [5.41, 5.74) is 0. The number of fused-ring (bicyclic) bond motifs is 18. The van der Waals surface area contributed by atoms with Gasteiger partial charge in [0.15, 0.2) is 0 Å². The molecule has 7 rings (SSSR count). The van der Waals surface area contributed by atoms with Gasteiger partial charge in [-0.3, -0.25) is 0 Å². The van der Waals surface area contributed by atoms with Crippen molar-refractivity contribution in [3.63, 3.8) is 0 Å². The number of hydrogen-bond donors (Lipinski definition) is 0. The molecule has 0 fully saturated rings. The lowest BCUT2D eigenvalue weighted by molar-refractivity contribution is 1.75. The summed E-state index contributed by atoms with van der Waals surface area (Å²) in [6.45, 7) is 0. The molecule has 0 heterocycles. The summed E-state index contributed by atoms with van der Waals surface area (Å²) in [5.74, 6) is 0. The van der Waals surface area contributed by atoms with E-state index in [2.05, 4.69) is 179 Å². The third kappa shape index (κ3) is 4.20. The van der Waals surface area contributed by atoms with Gasteiger partial charge < -0.3 is 0 Å². The van der Waals surface area contributed by atoms with Gasteiger partial charge in [-0.1, -0.05) is 109 Å². The van der Waals surface area contributed by atoms with E-state index in [0.29, 0.717) is 0 Å². The number of hydrogen-bond acceptors (Lipinski definition) is 0. The molecule has 2 heteroatoms.